The number of likely N-dealkylation sites (tertiary alicyclic amines) is 1. The molecule has 2 rings (SSSR count). The number of rotatable bonds is 3. The van der Waals surface area contributed by atoms with Crippen molar-refractivity contribution < 1.29 is 4.79 Å². The Labute approximate surface area is 117 Å². The van der Waals surface area contributed by atoms with Crippen molar-refractivity contribution in [2.24, 2.45) is 17.6 Å². The van der Waals surface area contributed by atoms with Gasteiger partial charge in [-0.3, -0.25) is 4.79 Å². The summed E-state index contributed by atoms with van der Waals surface area (Å²) in [6.45, 7) is 5.47. The maximum atomic E-state index is 12.3. The van der Waals surface area contributed by atoms with Crippen molar-refractivity contribution in [3.05, 3.63) is 0 Å². The van der Waals surface area contributed by atoms with E-state index in [1.807, 2.05) is 0 Å². The van der Waals surface area contributed by atoms with Gasteiger partial charge < -0.3 is 10.6 Å². The number of piperidine rings is 1. The lowest BCUT2D eigenvalue weighted by Gasteiger charge is -2.37. The summed E-state index contributed by atoms with van der Waals surface area (Å²) in [6, 6.07) is 0.853. The Kier molecular flexibility index (Phi) is 5.26. The van der Waals surface area contributed by atoms with Gasteiger partial charge in [-0.05, 0) is 63.7 Å². The lowest BCUT2D eigenvalue weighted by molar-refractivity contribution is -0.135. The molecule has 110 valence electrons. The Morgan fingerprint density at radius 2 is 1.84 bits per heavy atom. The van der Waals surface area contributed by atoms with Gasteiger partial charge in [0, 0.05) is 25.0 Å². The van der Waals surface area contributed by atoms with Gasteiger partial charge in [-0.15, -0.1) is 0 Å². The van der Waals surface area contributed by atoms with Crippen LogP contribution in [0, 0.1) is 11.8 Å². The Hall–Kier alpha value is -0.570. The first-order valence-electron chi connectivity index (χ1n) is 8.11. The normalized spacial score (nSPS) is 36.3. The van der Waals surface area contributed by atoms with E-state index in [4.69, 9.17) is 5.73 Å². The van der Waals surface area contributed by atoms with Gasteiger partial charge in [0.1, 0.15) is 0 Å². The van der Waals surface area contributed by atoms with Crippen LogP contribution in [-0.4, -0.2) is 29.4 Å². The van der Waals surface area contributed by atoms with Crippen molar-refractivity contribution in [2.45, 2.75) is 77.3 Å². The number of nitrogens with zero attached hydrogens (tertiary/aromatic N) is 1. The van der Waals surface area contributed by atoms with Crippen LogP contribution in [0.1, 0.15) is 65.2 Å². The van der Waals surface area contributed by atoms with Gasteiger partial charge in [0.05, 0.1) is 0 Å². The second kappa shape index (κ2) is 6.74. The molecular weight excluding hydrogens is 236 g/mol. The van der Waals surface area contributed by atoms with Crippen LogP contribution in [0.3, 0.4) is 0 Å². The molecule has 0 aromatic carbocycles. The summed E-state index contributed by atoms with van der Waals surface area (Å²) >= 11 is 0. The minimum absolute atomic E-state index is 0.384. The third-order valence-corrected chi connectivity index (χ3v) is 5.12. The molecule has 0 spiro atoms. The van der Waals surface area contributed by atoms with Crippen LogP contribution in [0.5, 0.6) is 0 Å². The standard InChI is InChI=1S/C16H30N2O/c1-12-9-10-18(13(2)11-12)16(19)8-5-14-3-6-15(17)7-4-14/h12-15H,3-11,17H2,1-2H3. The van der Waals surface area contributed by atoms with Crippen molar-refractivity contribution in [3.63, 3.8) is 0 Å². The number of hydrogen-bond donors (Lipinski definition) is 1. The molecule has 2 fully saturated rings. The predicted molar refractivity (Wildman–Crippen MR) is 78.7 cm³/mol. The topological polar surface area (TPSA) is 46.3 Å². The zero-order valence-electron chi connectivity index (χ0n) is 12.6. The Bertz CT molecular complexity index is 297. The molecule has 1 aliphatic carbocycles. The third kappa shape index (κ3) is 4.20. The SMILES string of the molecule is CC1CCN(C(=O)CCC2CCC(N)CC2)C(C)C1. The van der Waals surface area contributed by atoms with Crippen LogP contribution in [0.25, 0.3) is 0 Å². The van der Waals surface area contributed by atoms with Crippen LogP contribution in [0.15, 0.2) is 0 Å². The molecule has 1 heterocycles. The largest absolute Gasteiger partial charge is 0.340 e. The number of nitrogens with two attached hydrogens (primary N) is 1. The molecule has 0 aromatic rings. The van der Waals surface area contributed by atoms with Gasteiger partial charge in [0.15, 0.2) is 0 Å². The second-order valence-electron chi connectivity index (χ2n) is 6.89. The summed E-state index contributed by atoms with van der Waals surface area (Å²) in [5.41, 5.74) is 5.93. The van der Waals surface area contributed by atoms with E-state index in [9.17, 15) is 4.79 Å². The van der Waals surface area contributed by atoms with E-state index >= 15 is 0 Å². The average Bonchev–Trinajstić information content (AvgIpc) is 2.37. The predicted octanol–water partition coefficient (Wildman–Crippen LogP) is 2.93. The van der Waals surface area contributed by atoms with E-state index < -0.39 is 0 Å². The lowest BCUT2D eigenvalue weighted by atomic mass is 9.83. The maximum absolute atomic E-state index is 12.3. The minimum atomic E-state index is 0.384. The van der Waals surface area contributed by atoms with Crippen molar-refractivity contribution in [3.8, 4) is 0 Å². The van der Waals surface area contributed by atoms with Gasteiger partial charge in [-0.2, -0.15) is 0 Å². The Morgan fingerprint density at radius 1 is 1.16 bits per heavy atom. The van der Waals surface area contributed by atoms with Crippen LogP contribution >= 0.6 is 0 Å². The molecule has 2 unspecified atom stereocenters. The van der Waals surface area contributed by atoms with Crippen molar-refractivity contribution in [1.82, 2.24) is 4.90 Å². The molecule has 0 aromatic heterocycles. The Balaban J connectivity index is 1.72. The van der Waals surface area contributed by atoms with Crippen LogP contribution < -0.4 is 5.73 Å². The quantitative estimate of drug-likeness (QED) is 0.853. The molecule has 1 saturated heterocycles. The molecule has 2 aliphatic rings. The molecule has 2 atom stereocenters. The second-order valence-corrected chi connectivity index (χ2v) is 6.89. The first kappa shape index (κ1) is 14.8. The van der Waals surface area contributed by atoms with Gasteiger partial charge >= 0.3 is 0 Å². The Morgan fingerprint density at radius 3 is 2.47 bits per heavy atom. The van der Waals surface area contributed by atoms with E-state index in [2.05, 4.69) is 18.7 Å². The first-order chi connectivity index (χ1) is 9.06. The van der Waals surface area contributed by atoms with E-state index in [0.29, 0.717) is 18.0 Å². The molecule has 1 amide bonds. The van der Waals surface area contributed by atoms with Crippen LogP contribution in [0.2, 0.25) is 0 Å². The number of amides is 1. The van der Waals surface area contributed by atoms with Gasteiger partial charge in [0.2, 0.25) is 5.91 Å². The van der Waals surface area contributed by atoms with Crippen molar-refractivity contribution >= 4 is 5.91 Å². The first-order valence-corrected chi connectivity index (χ1v) is 8.11. The lowest BCUT2D eigenvalue weighted by Crippen LogP contribution is -2.44. The van der Waals surface area contributed by atoms with Crippen molar-refractivity contribution in [2.75, 3.05) is 6.54 Å². The fraction of sp³-hybridized carbons (Fsp3) is 0.938. The van der Waals surface area contributed by atoms with Crippen LogP contribution in [0.4, 0.5) is 0 Å². The van der Waals surface area contributed by atoms with E-state index in [-0.39, 0.29) is 0 Å². The summed E-state index contributed by atoms with van der Waals surface area (Å²) in [7, 11) is 0. The summed E-state index contributed by atoms with van der Waals surface area (Å²) in [6.07, 6.45) is 8.91. The van der Waals surface area contributed by atoms with Gasteiger partial charge in [0.25, 0.3) is 0 Å². The average molecular weight is 266 g/mol. The number of carbonyl (C=O) groups is 1. The summed E-state index contributed by atoms with van der Waals surface area (Å²) in [5.74, 6) is 1.90. The monoisotopic (exact) mass is 266 g/mol. The smallest absolute Gasteiger partial charge is 0.222 e. The molecule has 2 N–H and O–H groups in total. The maximum Gasteiger partial charge on any atom is 0.222 e. The van der Waals surface area contributed by atoms with E-state index in [0.717, 1.165) is 44.1 Å². The zero-order valence-corrected chi connectivity index (χ0v) is 12.6. The third-order valence-electron chi connectivity index (χ3n) is 5.12. The van der Waals surface area contributed by atoms with Gasteiger partial charge in [-0.1, -0.05) is 6.92 Å². The van der Waals surface area contributed by atoms with E-state index in [1.165, 1.54) is 25.7 Å². The molecule has 19 heavy (non-hydrogen) atoms. The molecule has 0 radical (unpaired) electrons. The highest BCUT2D eigenvalue weighted by atomic mass is 16.2. The molecule has 0 bridgehead atoms. The highest BCUT2D eigenvalue weighted by Crippen LogP contribution is 2.28. The minimum Gasteiger partial charge on any atom is -0.340 e. The highest BCUT2D eigenvalue weighted by Gasteiger charge is 2.27. The zero-order chi connectivity index (χ0) is 13.8. The number of hydrogen-bond acceptors (Lipinski definition) is 2. The van der Waals surface area contributed by atoms with Crippen molar-refractivity contribution in [1.29, 1.82) is 0 Å². The molecule has 3 nitrogen and oxygen atoms in total. The van der Waals surface area contributed by atoms with Crippen LogP contribution in [-0.2, 0) is 4.79 Å². The molecule has 1 saturated carbocycles. The highest BCUT2D eigenvalue weighted by molar-refractivity contribution is 5.76. The molecule has 1 aliphatic heterocycles. The molecule has 3 heteroatoms. The number of carbonyl (C=O) groups excluding carboxylic acids is 1. The molecular formula is C16H30N2O. The summed E-state index contributed by atoms with van der Waals surface area (Å²) < 4.78 is 0. The fourth-order valence-electron chi connectivity index (χ4n) is 3.73. The summed E-state index contributed by atoms with van der Waals surface area (Å²) in [5, 5.41) is 0. The fourth-order valence-corrected chi connectivity index (χ4v) is 3.73. The van der Waals surface area contributed by atoms with Gasteiger partial charge in [-0.25, -0.2) is 0 Å². The van der Waals surface area contributed by atoms with E-state index in [1.54, 1.807) is 0 Å². The summed E-state index contributed by atoms with van der Waals surface area (Å²) in [4.78, 5) is 14.4.